The number of rotatable bonds is 2. The third-order valence-electron chi connectivity index (χ3n) is 2.09. The highest BCUT2D eigenvalue weighted by atomic mass is 32.1. The summed E-state index contributed by atoms with van der Waals surface area (Å²) < 4.78 is 5.15. The summed E-state index contributed by atoms with van der Waals surface area (Å²) in [5, 5.41) is 9.56. The maximum Gasteiger partial charge on any atom is 0.355 e. The second kappa shape index (κ2) is 3.51. The highest BCUT2D eigenvalue weighted by molar-refractivity contribution is 7.15. The highest BCUT2D eigenvalue weighted by Gasteiger charge is 2.16. The standard InChI is InChI=1S/C10H9NO3S/c1-5-7(3-4-14-5)9-11-8(10(12)13)6(2)15-9/h3-4H,1-2H3,(H,12,13). The van der Waals surface area contributed by atoms with Crippen LogP contribution >= 0.6 is 11.3 Å². The molecule has 78 valence electrons. The quantitative estimate of drug-likeness (QED) is 0.850. The predicted molar refractivity (Wildman–Crippen MR) is 56.2 cm³/mol. The van der Waals surface area contributed by atoms with Crippen molar-refractivity contribution in [2.24, 2.45) is 0 Å². The molecule has 0 fully saturated rings. The molecular formula is C10H9NO3S. The third-order valence-corrected chi connectivity index (χ3v) is 3.09. The van der Waals surface area contributed by atoms with Gasteiger partial charge in [0.25, 0.3) is 0 Å². The van der Waals surface area contributed by atoms with Gasteiger partial charge in [0, 0.05) is 4.88 Å². The first kappa shape index (κ1) is 9.92. The molecule has 0 amide bonds. The fourth-order valence-corrected chi connectivity index (χ4v) is 2.30. The first-order valence-electron chi connectivity index (χ1n) is 4.35. The van der Waals surface area contributed by atoms with Gasteiger partial charge in [0.1, 0.15) is 10.8 Å². The van der Waals surface area contributed by atoms with E-state index in [0.29, 0.717) is 9.88 Å². The van der Waals surface area contributed by atoms with Crippen molar-refractivity contribution in [3.8, 4) is 10.6 Å². The fourth-order valence-electron chi connectivity index (χ4n) is 1.32. The molecule has 0 unspecified atom stereocenters. The normalized spacial score (nSPS) is 10.5. The summed E-state index contributed by atoms with van der Waals surface area (Å²) >= 11 is 1.36. The van der Waals surface area contributed by atoms with Crippen LogP contribution in [0.2, 0.25) is 0 Å². The maximum atomic E-state index is 10.8. The van der Waals surface area contributed by atoms with Gasteiger partial charge in [-0.2, -0.15) is 0 Å². The maximum absolute atomic E-state index is 10.8. The number of furan rings is 1. The van der Waals surface area contributed by atoms with Gasteiger partial charge in [-0.15, -0.1) is 11.3 Å². The van der Waals surface area contributed by atoms with Crippen molar-refractivity contribution >= 4 is 17.3 Å². The largest absolute Gasteiger partial charge is 0.476 e. The van der Waals surface area contributed by atoms with Crippen molar-refractivity contribution < 1.29 is 14.3 Å². The smallest absolute Gasteiger partial charge is 0.355 e. The second-order valence-electron chi connectivity index (χ2n) is 3.12. The van der Waals surface area contributed by atoms with Gasteiger partial charge in [0.2, 0.25) is 0 Å². The summed E-state index contributed by atoms with van der Waals surface area (Å²) in [5.74, 6) is -0.239. The minimum atomic E-state index is -0.990. The predicted octanol–water partition coefficient (Wildman–Crippen LogP) is 2.72. The molecule has 0 aliphatic rings. The Hall–Kier alpha value is -1.62. The molecule has 1 N–H and O–H groups in total. The van der Waals surface area contributed by atoms with E-state index in [-0.39, 0.29) is 5.69 Å². The molecule has 0 atom stereocenters. The molecule has 0 aliphatic heterocycles. The van der Waals surface area contributed by atoms with Crippen molar-refractivity contribution in [2.45, 2.75) is 13.8 Å². The van der Waals surface area contributed by atoms with E-state index in [0.717, 1.165) is 11.3 Å². The van der Waals surface area contributed by atoms with Gasteiger partial charge in [0.15, 0.2) is 5.69 Å². The van der Waals surface area contributed by atoms with Crippen molar-refractivity contribution in [3.63, 3.8) is 0 Å². The van der Waals surface area contributed by atoms with E-state index >= 15 is 0 Å². The van der Waals surface area contributed by atoms with Gasteiger partial charge < -0.3 is 9.52 Å². The van der Waals surface area contributed by atoms with Crippen LogP contribution < -0.4 is 0 Å². The van der Waals surface area contributed by atoms with E-state index < -0.39 is 5.97 Å². The molecule has 2 heterocycles. The van der Waals surface area contributed by atoms with Crippen LogP contribution in [0.3, 0.4) is 0 Å². The average Bonchev–Trinajstić information content (AvgIpc) is 2.71. The van der Waals surface area contributed by atoms with Crippen LogP contribution in [0.1, 0.15) is 21.1 Å². The Balaban J connectivity index is 2.52. The minimum Gasteiger partial charge on any atom is -0.476 e. The Kier molecular flexibility index (Phi) is 2.32. The number of aromatic nitrogens is 1. The van der Waals surface area contributed by atoms with Crippen LogP contribution in [0, 0.1) is 13.8 Å². The molecule has 0 saturated heterocycles. The summed E-state index contributed by atoms with van der Waals surface area (Å²) in [5.41, 5.74) is 0.978. The zero-order chi connectivity index (χ0) is 11.0. The zero-order valence-corrected chi connectivity index (χ0v) is 9.09. The molecule has 0 aliphatic carbocycles. The van der Waals surface area contributed by atoms with E-state index in [9.17, 15) is 4.79 Å². The molecular weight excluding hydrogens is 214 g/mol. The number of hydrogen-bond acceptors (Lipinski definition) is 4. The van der Waals surface area contributed by atoms with Crippen LogP contribution in [0.4, 0.5) is 0 Å². The lowest BCUT2D eigenvalue weighted by Gasteiger charge is -1.90. The van der Waals surface area contributed by atoms with Crippen molar-refractivity contribution in [2.75, 3.05) is 0 Å². The first-order valence-corrected chi connectivity index (χ1v) is 5.16. The van der Waals surface area contributed by atoms with Crippen LogP contribution in [0.25, 0.3) is 10.6 Å². The Morgan fingerprint density at radius 3 is 2.73 bits per heavy atom. The van der Waals surface area contributed by atoms with Crippen molar-refractivity contribution in [3.05, 3.63) is 28.7 Å². The number of nitrogens with zero attached hydrogens (tertiary/aromatic N) is 1. The Bertz CT molecular complexity index is 512. The number of thiazole rings is 1. The Labute approximate surface area is 90.2 Å². The van der Waals surface area contributed by atoms with Crippen molar-refractivity contribution in [1.29, 1.82) is 0 Å². The van der Waals surface area contributed by atoms with E-state index in [2.05, 4.69) is 4.98 Å². The van der Waals surface area contributed by atoms with Gasteiger partial charge in [-0.25, -0.2) is 9.78 Å². The van der Waals surface area contributed by atoms with Gasteiger partial charge >= 0.3 is 5.97 Å². The SMILES string of the molecule is Cc1occc1-c1nc(C(=O)O)c(C)s1. The lowest BCUT2D eigenvalue weighted by molar-refractivity contribution is 0.0690. The Morgan fingerprint density at radius 2 is 2.27 bits per heavy atom. The number of hydrogen-bond donors (Lipinski definition) is 1. The summed E-state index contributed by atoms with van der Waals surface area (Å²) in [6.07, 6.45) is 1.57. The van der Waals surface area contributed by atoms with E-state index in [1.54, 1.807) is 19.3 Å². The van der Waals surface area contributed by atoms with E-state index in [1.807, 2.05) is 6.92 Å². The average molecular weight is 223 g/mol. The molecule has 0 radical (unpaired) electrons. The summed E-state index contributed by atoms with van der Waals surface area (Å²) in [7, 11) is 0. The third kappa shape index (κ3) is 1.66. The van der Waals surface area contributed by atoms with Crippen molar-refractivity contribution in [1.82, 2.24) is 4.98 Å². The number of carbonyl (C=O) groups is 1. The number of aromatic carboxylic acids is 1. The van der Waals surface area contributed by atoms with Gasteiger partial charge in [-0.1, -0.05) is 0 Å². The topological polar surface area (TPSA) is 63.3 Å². The van der Waals surface area contributed by atoms with Gasteiger partial charge in [-0.05, 0) is 19.9 Å². The van der Waals surface area contributed by atoms with Crippen LogP contribution in [-0.2, 0) is 0 Å². The highest BCUT2D eigenvalue weighted by Crippen LogP contribution is 2.30. The lowest BCUT2D eigenvalue weighted by Crippen LogP contribution is -1.98. The molecule has 0 spiro atoms. The van der Waals surface area contributed by atoms with Crippen LogP contribution in [-0.4, -0.2) is 16.1 Å². The van der Waals surface area contributed by atoms with E-state index in [1.165, 1.54) is 11.3 Å². The van der Waals surface area contributed by atoms with Crippen LogP contribution in [0.15, 0.2) is 16.7 Å². The number of carboxylic acids is 1. The minimum absolute atomic E-state index is 0.121. The molecule has 0 aromatic carbocycles. The van der Waals surface area contributed by atoms with Crippen LogP contribution in [0.5, 0.6) is 0 Å². The molecule has 2 rings (SSSR count). The first-order chi connectivity index (χ1) is 7.09. The molecule has 4 nitrogen and oxygen atoms in total. The zero-order valence-electron chi connectivity index (χ0n) is 8.27. The number of aryl methyl sites for hydroxylation is 2. The van der Waals surface area contributed by atoms with E-state index in [4.69, 9.17) is 9.52 Å². The summed E-state index contributed by atoms with van der Waals surface area (Å²) in [4.78, 5) is 15.6. The van der Waals surface area contributed by atoms with Gasteiger partial charge in [0.05, 0.1) is 11.8 Å². The molecule has 0 bridgehead atoms. The molecule has 2 aromatic rings. The summed E-state index contributed by atoms with van der Waals surface area (Å²) in [6.45, 7) is 3.58. The summed E-state index contributed by atoms with van der Waals surface area (Å²) in [6, 6.07) is 1.79. The lowest BCUT2D eigenvalue weighted by atomic mass is 10.3. The molecule has 5 heteroatoms. The molecule has 0 saturated carbocycles. The Morgan fingerprint density at radius 1 is 1.53 bits per heavy atom. The van der Waals surface area contributed by atoms with Gasteiger partial charge in [-0.3, -0.25) is 0 Å². The second-order valence-corrected chi connectivity index (χ2v) is 4.32. The molecule has 15 heavy (non-hydrogen) atoms. The monoisotopic (exact) mass is 223 g/mol. The fraction of sp³-hybridized carbons (Fsp3) is 0.200. The number of carboxylic acid groups (broad SMARTS) is 1. The molecule has 2 aromatic heterocycles.